The fraction of sp³-hybridized carbons (Fsp3) is 0.500. The number of amides is 1. The van der Waals surface area contributed by atoms with Gasteiger partial charge < -0.3 is 19.9 Å². The number of epoxide rings is 1. The molecule has 1 unspecified atom stereocenters. The maximum atomic E-state index is 12.4. The van der Waals surface area contributed by atoms with Gasteiger partial charge in [0, 0.05) is 13.0 Å². The number of esters is 1. The molecule has 138 valence electrons. The number of ether oxygens (including phenoxy) is 2. The van der Waals surface area contributed by atoms with Crippen molar-refractivity contribution in [1.82, 2.24) is 5.32 Å². The van der Waals surface area contributed by atoms with Crippen LogP contribution in [-0.4, -0.2) is 47.3 Å². The number of carbonyl (C=O) groups is 3. The Labute approximate surface area is 147 Å². The molecule has 0 aromatic rings. The van der Waals surface area contributed by atoms with Gasteiger partial charge in [0.1, 0.15) is 11.6 Å². The third-order valence-electron chi connectivity index (χ3n) is 3.58. The lowest BCUT2D eigenvalue weighted by Crippen LogP contribution is -2.46. The van der Waals surface area contributed by atoms with Crippen molar-refractivity contribution < 1.29 is 29.0 Å². The van der Waals surface area contributed by atoms with Gasteiger partial charge in [-0.25, -0.2) is 9.59 Å². The van der Waals surface area contributed by atoms with Crippen molar-refractivity contribution in [1.29, 1.82) is 0 Å². The van der Waals surface area contributed by atoms with E-state index in [4.69, 9.17) is 14.6 Å². The molecule has 1 saturated heterocycles. The Balaban J connectivity index is 2.75. The molecule has 0 aliphatic carbocycles. The first kappa shape index (κ1) is 20.6. The standard InChI is InChI=1S/C18H25NO6/c1-12(2)16(19-13(3)20)17(23)25-14(18(4)11-24-18)9-7-5-6-8-10-15(21)22/h5-10,12,14,16H,11H2,1-4H3,(H,19,20)(H,21,22)/b6-5-,9-7+,10-8+/t14-,16?,18-/m1/s1. The van der Waals surface area contributed by atoms with E-state index >= 15 is 0 Å². The Morgan fingerprint density at radius 3 is 2.28 bits per heavy atom. The molecule has 0 bridgehead atoms. The Hall–Kier alpha value is -2.41. The highest BCUT2D eigenvalue weighted by atomic mass is 16.6. The first-order valence-corrected chi connectivity index (χ1v) is 8.01. The van der Waals surface area contributed by atoms with E-state index in [-0.39, 0.29) is 11.8 Å². The van der Waals surface area contributed by atoms with Gasteiger partial charge in [-0.1, -0.05) is 38.2 Å². The number of carbonyl (C=O) groups excluding carboxylic acids is 2. The van der Waals surface area contributed by atoms with Gasteiger partial charge in [0.2, 0.25) is 5.91 Å². The van der Waals surface area contributed by atoms with Crippen LogP contribution in [0.3, 0.4) is 0 Å². The van der Waals surface area contributed by atoms with Crippen LogP contribution in [-0.2, 0) is 23.9 Å². The minimum Gasteiger partial charge on any atom is -0.478 e. The van der Waals surface area contributed by atoms with E-state index in [0.717, 1.165) is 6.08 Å². The lowest BCUT2D eigenvalue weighted by Gasteiger charge is -2.24. The Bertz CT molecular complexity index is 586. The zero-order valence-electron chi connectivity index (χ0n) is 14.9. The summed E-state index contributed by atoms with van der Waals surface area (Å²) in [5.41, 5.74) is -0.589. The summed E-state index contributed by atoms with van der Waals surface area (Å²) in [4.78, 5) is 34.0. The van der Waals surface area contributed by atoms with Crippen LogP contribution in [0.15, 0.2) is 36.5 Å². The largest absolute Gasteiger partial charge is 0.478 e. The van der Waals surface area contributed by atoms with Crippen LogP contribution in [0.4, 0.5) is 0 Å². The van der Waals surface area contributed by atoms with Crippen molar-refractivity contribution in [2.24, 2.45) is 5.92 Å². The van der Waals surface area contributed by atoms with E-state index < -0.39 is 29.7 Å². The van der Waals surface area contributed by atoms with E-state index in [1.165, 1.54) is 13.0 Å². The van der Waals surface area contributed by atoms with Crippen molar-refractivity contribution in [2.75, 3.05) is 6.61 Å². The molecule has 25 heavy (non-hydrogen) atoms. The van der Waals surface area contributed by atoms with Crippen molar-refractivity contribution in [3.05, 3.63) is 36.5 Å². The van der Waals surface area contributed by atoms with Crippen LogP contribution >= 0.6 is 0 Å². The molecule has 0 aromatic heterocycles. The van der Waals surface area contributed by atoms with Gasteiger partial charge in [-0.2, -0.15) is 0 Å². The van der Waals surface area contributed by atoms with E-state index in [9.17, 15) is 14.4 Å². The van der Waals surface area contributed by atoms with Crippen LogP contribution < -0.4 is 5.32 Å². The zero-order valence-corrected chi connectivity index (χ0v) is 14.9. The van der Waals surface area contributed by atoms with Crippen LogP contribution in [0, 0.1) is 5.92 Å². The van der Waals surface area contributed by atoms with Gasteiger partial charge in [-0.15, -0.1) is 0 Å². The molecular formula is C18H25NO6. The predicted octanol–water partition coefficient (Wildman–Crippen LogP) is 1.60. The van der Waals surface area contributed by atoms with Gasteiger partial charge in [-0.3, -0.25) is 4.79 Å². The molecule has 1 fully saturated rings. The van der Waals surface area contributed by atoms with E-state index in [2.05, 4.69) is 5.32 Å². The molecular weight excluding hydrogens is 326 g/mol. The highest BCUT2D eigenvalue weighted by Gasteiger charge is 2.49. The fourth-order valence-electron chi connectivity index (χ4n) is 1.99. The van der Waals surface area contributed by atoms with Crippen LogP contribution in [0.2, 0.25) is 0 Å². The predicted molar refractivity (Wildman–Crippen MR) is 91.7 cm³/mol. The highest BCUT2D eigenvalue weighted by Crippen LogP contribution is 2.33. The Kier molecular flexibility index (Phi) is 7.57. The summed E-state index contributed by atoms with van der Waals surface area (Å²) in [5, 5.41) is 11.1. The lowest BCUT2D eigenvalue weighted by molar-refractivity contribution is -0.154. The Morgan fingerprint density at radius 2 is 1.80 bits per heavy atom. The number of hydrogen-bond donors (Lipinski definition) is 2. The van der Waals surface area contributed by atoms with Gasteiger partial charge in [0.05, 0.1) is 6.61 Å². The molecule has 7 heteroatoms. The third-order valence-corrected chi connectivity index (χ3v) is 3.58. The molecule has 0 spiro atoms. The number of rotatable bonds is 9. The van der Waals surface area contributed by atoms with Crippen molar-refractivity contribution in [3.8, 4) is 0 Å². The summed E-state index contributed by atoms with van der Waals surface area (Å²) >= 11 is 0. The second-order valence-corrected chi connectivity index (χ2v) is 6.35. The summed E-state index contributed by atoms with van der Waals surface area (Å²) in [6.07, 6.45) is 8.28. The summed E-state index contributed by atoms with van der Waals surface area (Å²) in [6, 6.07) is -0.732. The minimum atomic E-state index is -1.03. The number of carboxylic acids is 1. The van der Waals surface area contributed by atoms with E-state index in [1.54, 1.807) is 24.3 Å². The minimum absolute atomic E-state index is 0.116. The second-order valence-electron chi connectivity index (χ2n) is 6.35. The molecule has 7 nitrogen and oxygen atoms in total. The van der Waals surface area contributed by atoms with Crippen LogP contribution in [0.1, 0.15) is 27.7 Å². The third kappa shape index (κ3) is 7.34. The number of allylic oxidation sites excluding steroid dienone is 4. The first-order chi connectivity index (χ1) is 11.7. The highest BCUT2D eigenvalue weighted by molar-refractivity contribution is 5.83. The van der Waals surface area contributed by atoms with Gasteiger partial charge in [-0.05, 0) is 18.9 Å². The number of aliphatic carboxylic acids is 1. The van der Waals surface area contributed by atoms with Crippen molar-refractivity contribution in [3.63, 3.8) is 0 Å². The maximum absolute atomic E-state index is 12.4. The SMILES string of the molecule is CC(=O)NC(C(=O)O[C@H](/C=C/C=C\C=C\C(=O)O)[C@@]1(C)CO1)C(C)C. The molecule has 0 radical (unpaired) electrons. The summed E-state index contributed by atoms with van der Waals surface area (Å²) in [5.74, 6) is -1.97. The van der Waals surface area contributed by atoms with Gasteiger partial charge >= 0.3 is 11.9 Å². The van der Waals surface area contributed by atoms with Crippen molar-refractivity contribution >= 4 is 17.8 Å². The normalized spacial score (nSPS) is 22.4. The summed E-state index contributed by atoms with van der Waals surface area (Å²) in [7, 11) is 0. The molecule has 1 aliphatic rings. The zero-order chi connectivity index (χ0) is 19.0. The van der Waals surface area contributed by atoms with Gasteiger partial charge in [0.15, 0.2) is 6.10 Å². The smallest absolute Gasteiger partial charge is 0.329 e. The number of carboxylic acid groups (broad SMARTS) is 1. The molecule has 1 amide bonds. The monoisotopic (exact) mass is 351 g/mol. The van der Waals surface area contributed by atoms with Gasteiger partial charge in [0.25, 0.3) is 0 Å². The number of hydrogen-bond acceptors (Lipinski definition) is 5. The maximum Gasteiger partial charge on any atom is 0.329 e. The molecule has 0 aromatic carbocycles. The molecule has 1 heterocycles. The van der Waals surface area contributed by atoms with Crippen LogP contribution in [0.25, 0.3) is 0 Å². The summed E-state index contributed by atoms with van der Waals surface area (Å²) in [6.45, 7) is 7.27. The van der Waals surface area contributed by atoms with Crippen molar-refractivity contribution in [2.45, 2.75) is 45.4 Å². The second kappa shape index (κ2) is 9.17. The fourth-order valence-corrected chi connectivity index (χ4v) is 1.99. The quantitative estimate of drug-likeness (QED) is 0.283. The first-order valence-electron chi connectivity index (χ1n) is 8.01. The molecule has 1 aliphatic heterocycles. The molecule has 1 rings (SSSR count). The average molecular weight is 351 g/mol. The van der Waals surface area contributed by atoms with Crippen LogP contribution in [0.5, 0.6) is 0 Å². The summed E-state index contributed by atoms with van der Waals surface area (Å²) < 4.78 is 10.9. The van der Waals surface area contributed by atoms with E-state index in [1.807, 2.05) is 20.8 Å². The molecule has 2 N–H and O–H groups in total. The van der Waals surface area contributed by atoms with E-state index in [0.29, 0.717) is 6.61 Å². The molecule has 3 atom stereocenters. The average Bonchev–Trinajstić information content (AvgIpc) is 3.25. The number of nitrogens with one attached hydrogen (secondary N) is 1. The topological polar surface area (TPSA) is 105 Å². The Morgan fingerprint density at radius 1 is 1.20 bits per heavy atom. The lowest BCUT2D eigenvalue weighted by atomic mass is 10.0. The molecule has 0 saturated carbocycles.